The highest BCUT2D eigenvalue weighted by molar-refractivity contribution is 7.80. The predicted octanol–water partition coefficient (Wildman–Crippen LogP) is 7.82. The third-order valence-electron chi connectivity index (χ3n) is 16.3. The number of hydrogen-bond acceptors (Lipinski definition) is 10. The van der Waals surface area contributed by atoms with Gasteiger partial charge in [-0.05, 0) is 89.7 Å². The fourth-order valence-electron chi connectivity index (χ4n) is 11.7. The first-order valence-corrected chi connectivity index (χ1v) is 29.2. The Kier molecular flexibility index (Phi) is 18.6. The maximum Gasteiger partial charge on any atom is 0.238 e. The number of pyridine rings is 1. The molecule has 7 heterocycles. The first-order valence-electron chi connectivity index (χ1n) is 28.0. The van der Waals surface area contributed by atoms with Crippen LogP contribution in [-0.2, 0) is 34.0 Å². The topological polar surface area (TPSA) is 156 Å². The Hall–Kier alpha value is -7.39. The quantitative estimate of drug-likeness (QED) is 0.0779. The number of benzene rings is 5. The summed E-state index contributed by atoms with van der Waals surface area (Å²) < 4.78 is 0. The summed E-state index contributed by atoms with van der Waals surface area (Å²) in [4.78, 5) is 54.3. The second-order valence-electron chi connectivity index (χ2n) is 21.3. The smallest absolute Gasteiger partial charge is 0.238 e. The predicted molar refractivity (Wildman–Crippen MR) is 331 cm³/mol. The van der Waals surface area contributed by atoms with Gasteiger partial charge in [0, 0.05) is 115 Å². The fraction of sp³-hybridized carbons (Fsp3) is 0.339. The maximum atomic E-state index is 12.5. The molecule has 6 aliphatic rings. The highest BCUT2D eigenvalue weighted by atomic mass is 32.1. The third kappa shape index (κ3) is 14.0. The van der Waals surface area contributed by atoms with Gasteiger partial charge in [0.15, 0.2) is 15.3 Å². The van der Waals surface area contributed by atoms with Crippen LogP contribution in [0.3, 0.4) is 0 Å². The van der Waals surface area contributed by atoms with Crippen LogP contribution in [0.1, 0.15) is 55.2 Å². The van der Waals surface area contributed by atoms with Gasteiger partial charge in [0.1, 0.15) is 0 Å². The van der Waals surface area contributed by atoms with E-state index >= 15 is 0 Å². The Morgan fingerprint density at radius 1 is 0.395 bits per heavy atom. The van der Waals surface area contributed by atoms with Gasteiger partial charge in [-0.1, -0.05) is 127 Å². The molecule has 0 radical (unpaired) electrons. The molecular formula is C62H71N13O3S3. The van der Waals surface area contributed by atoms with Crippen molar-refractivity contribution in [3.8, 4) is 0 Å². The van der Waals surface area contributed by atoms with Crippen molar-refractivity contribution < 1.29 is 14.4 Å². The van der Waals surface area contributed by atoms with E-state index in [9.17, 15) is 14.4 Å². The van der Waals surface area contributed by atoms with Gasteiger partial charge >= 0.3 is 0 Å². The van der Waals surface area contributed by atoms with Crippen LogP contribution >= 0.6 is 36.7 Å². The van der Waals surface area contributed by atoms with Gasteiger partial charge in [-0.2, -0.15) is 0 Å². The lowest BCUT2D eigenvalue weighted by Crippen LogP contribution is -2.59. The number of amides is 3. The van der Waals surface area contributed by atoms with Gasteiger partial charge in [0.25, 0.3) is 0 Å². The number of aromatic nitrogens is 1. The number of hydrogen-bond donors (Lipinski definition) is 6. The van der Waals surface area contributed by atoms with Crippen LogP contribution < -0.4 is 31.9 Å². The van der Waals surface area contributed by atoms with E-state index < -0.39 is 0 Å². The molecule has 16 nitrogen and oxygen atoms in total. The van der Waals surface area contributed by atoms with Crippen molar-refractivity contribution in [1.82, 2.24) is 50.3 Å². The van der Waals surface area contributed by atoms with Crippen LogP contribution in [0.25, 0.3) is 0 Å². The second-order valence-corrected chi connectivity index (χ2v) is 22.4. The minimum atomic E-state index is -0.270. The minimum Gasteiger partial charge on any atom is -0.349 e. The molecule has 6 saturated heterocycles. The molecule has 19 heteroatoms. The van der Waals surface area contributed by atoms with Crippen molar-refractivity contribution in [2.45, 2.75) is 75.1 Å². The summed E-state index contributed by atoms with van der Waals surface area (Å²) in [5.41, 5.74) is 5.60. The highest BCUT2D eigenvalue weighted by Gasteiger charge is 2.49. The summed E-state index contributed by atoms with van der Waals surface area (Å²) in [6, 6.07) is 54.4. The summed E-state index contributed by atoms with van der Waals surface area (Å²) in [5, 5.41) is 22.5. The molecule has 5 aromatic carbocycles. The number of nitrogens with zero attached hydrogens (tertiary/aromatic N) is 7. The van der Waals surface area contributed by atoms with Gasteiger partial charge < -0.3 is 45.3 Å². The van der Waals surface area contributed by atoms with Crippen molar-refractivity contribution in [1.29, 1.82) is 0 Å². The van der Waals surface area contributed by atoms with E-state index in [1.54, 1.807) is 12.4 Å². The summed E-state index contributed by atoms with van der Waals surface area (Å²) in [5.74, 6) is 0.526. The third-order valence-corrected chi connectivity index (χ3v) is 17.4. The van der Waals surface area contributed by atoms with Crippen LogP contribution in [0.2, 0.25) is 0 Å². The molecule has 420 valence electrons. The zero-order valence-corrected chi connectivity index (χ0v) is 48.0. The monoisotopic (exact) mass is 1140 g/mol. The largest absolute Gasteiger partial charge is 0.349 e. The molecule has 3 amide bonds. The molecule has 6 aliphatic heterocycles. The number of carbonyl (C=O) groups is 3. The van der Waals surface area contributed by atoms with Crippen molar-refractivity contribution >= 4 is 86.8 Å². The number of piperidine rings is 3. The maximum absolute atomic E-state index is 12.5. The van der Waals surface area contributed by atoms with Crippen LogP contribution in [0.15, 0.2) is 176 Å². The van der Waals surface area contributed by atoms with Gasteiger partial charge in [0.05, 0.1) is 48.5 Å². The van der Waals surface area contributed by atoms with Gasteiger partial charge in [-0.25, -0.2) is 0 Å². The number of para-hydroxylation sites is 2. The van der Waals surface area contributed by atoms with Gasteiger partial charge in [-0.3, -0.25) is 35.3 Å². The molecule has 3 spiro atoms. The average molecular weight is 1140 g/mol. The van der Waals surface area contributed by atoms with E-state index in [4.69, 9.17) is 36.7 Å². The number of rotatable bonds is 9. The van der Waals surface area contributed by atoms with Crippen LogP contribution in [0.4, 0.5) is 17.1 Å². The lowest BCUT2D eigenvalue weighted by Gasteiger charge is -2.45. The molecule has 6 fully saturated rings. The summed E-state index contributed by atoms with van der Waals surface area (Å²) in [6.45, 7) is 8.09. The molecule has 0 atom stereocenters. The molecular weight excluding hydrogens is 1070 g/mol. The molecule has 81 heavy (non-hydrogen) atoms. The first-order chi connectivity index (χ1) is 39.5. The Labute approximate surface area is 491 Å². The molecule has 0 unspecified atom stereocenters. The van der Waals surface area contributed by atoms with Crippen molar-refractivity contribution in [3.63, 3.8) is 0 Å². The SMILES string of the molecule is O=C1CNC2(CCN(C(=S)Nc3ccccc3)CC2)N1Cc1ccccc1.O=C1CNC2(CCN(C(=S)Nc3ccccc3)CC2)N1Cc1ccccc1.O=C1CNC2(CCN(C(=S)Nc3cccnc3)CC2)N1Cc1ccccc1. The molecule has 0 aliphatic carbocycles. The van der Waals surface area contributed by atoms with E-state index in [0.29, 0.717) is 44.4 Å². The molecule has 1 aromatic heterocycles. The van der Waals surface area contributed by atoms with Gasteiger partial charge in [0.2, 0.25) is 17.7 Å². The normalized spacial score (nSPS) is 18.7. The van der Waals surface area contributed by atoms with Crippen LogP contribution in [0, 0.1) is 0 Å². The van der Waals surface area contributed by atoms with Crippen LogP contribution in [0.5, 0.6) is 0 Å². The standard InChI is InChI=1S/2C21H24N4OS.C20H23N5OS/c2*26-19-15-22-21(25(19)16-17-7-3-1-4-8-17)11-13-24(14-12-21)20(27)23-18-9-5-2-6-10-18;26-18-14-22-20(25(18)15-16-5-2-1-3-6-16)8-11-24(12-9-20)19(27)23-17-7-4-10-21-13-17/h2*1-10,22H,11-16H2,(H,23,27);1-7,10,13,22H,8-9,11-12,14-15H2,(H,23,27). The van der Waals surface area contributed by atoms with E-state index in [1.165, 1.54) is 0 Å². The Morgan fingerprint density at radius 2 is 0.667 bits per heavy atom. The second kappa shape index (κ2) is 26.5. The Balaban J connectivity index is 0.000000136. The van der Waals surface area contributed by atoms with E-state index in [-0.39, 0.29) is 34.7 Å². The Bertz CT molecular complexity index is 2740. The zero-order valence-electron chi connectivity index (χ0n) is 45.6. The lowest BCUT2D eigenvalue weighted by atomic mass is 9.95. The number of anilines is 3. The average Bonchev–Trinajstić information content (AvgIpc) is 4.24. The van der Waals surface area contributed by atoms with Crippen molar-refractivity contribution in [3.05, 3.63) is 193 Å². The van der Waals surface area contributed by atoms with E-state index in [1.807, 2.05) is 142 Å². The number of likely N-dealkylation sites (tertiary alicyclic amines) is 3. The zero-order chi connectivity index (χ0) is 56.1. The van der Waals surface area contributed by atoms with Crippen LogP contribution in [-0.4, -0.2) is 143 Å². The van der Waals surface area contributed by atoms with Gasteiger partial charge in [-0.15, -0.1) is 0 Å². The molecule has 12 rings (SSSR count). The Morgan fingerprint density at radius 3 is 0.951 bits per heavy atom. The fourth-order valence-corrected chi connectivity index (χ4v) is 12.6. The highest BCUT2D eigenvalue weighted by Crippen LogP contribution is 2.35. The minimum absolute atomic E-state index is 0.170. The number of carbonyl (C=O) groups excluding carboxylic acids is 3. The number of nitrogens with one attached hydrogen (secondary N) is 6. The molecule has 6 aromatic rings. The van der Waals surface area contributed by atoms with E-state index in [2.05, 4.69) is 88.0 Å². The molecule has 0 saturated carbocycles. The lowest BCUT2D eigenvalue weighted by molar-refractivity contribution is -0.133. The van der Waals surface area contributed by atoms with Crippen molar-refractivity contribution in [2.24, 2.45) is 0 Å². The van der Waals surface area contributed by atoms with E-state index in [0.717, 1.165) is 122 Å². The molecule has 0 bridgehead atoms. The van der Waals surface area contributed by atoms with Crippen molar-refractivity contribution in [2.75, 3.05) is 74.9 Å². The summed E-state index contributed by atoms with van der Waals surface area (Å²) in [7, 11) is 0. The summed E-state index contributed by atoms with van der Waals surface area (Å²) in [6.07, 6.45) is 8.65. The first kappa shape index (κ1) is 56.9. The summed E-state index contributed by atoms with van der Waals surface area (Å²) >= 11 is 16.7. The number of thiocarbonyl (C=S) groups is 3. The molecule has 6 N–H and O–H groups in total.